The van der Waals surface area contributed by atoms with Gasteiger partial charge in [0.1, 0.15) is 0 Å². The summed E-state index contributed by atoms with van der Waals surface area (Å²) >= 11 is 0. The van der Waals surface area contributed by atoms with E-state index in [2.05, 4.69) is 12.2 Å². The molecule has 5 nitrogen and oxygen atoms in total. The fourth-order valence-corrected chi connectivity index (χ4v) is 1.93. The van der Waals surface area contributed by atoms with Gasteiger partial charge in [0.15, 0.2) is 11.5 Å². The lowest BCUT2D eigenvalue weighted by Crippen LogP contribution is -2.40. The van der Waals surface area contributed by atoms with Crippen molar-refractivity contribution in [3.05, 3.63) is 23.8 Å². The predicted molar refractivity (Wildman–Crippen MR) is 71.9 cm³/mol. The molecule has 1 aliphatic heterocycles. The molecule has 0 radical (unpaired) electrons. The zero-order valence-electron chi connectivity index (χ0n) is 11.1. The van der Waals surface area contributed by atoms with Crippen LogP contribution in [0.4, 0.5) is 0 Å². The maximum absolute atomic E-state index is 11.8. The molecule has 0 saturated carbocycles. The van der Waals surface area contributed by atoms with Crippen LogP contribution in [-0.4, -0.2) is 18.7 Å². The lowest BCUT2D eigenvalue weighted by atomic mass is 10.1. The highest BCUT2D eigenvalue weighted by atomic mass is 16.7. The molecule has 1 unspecified atom stereocenters. The second-order valence-corrected chi connectivity index (χ2v) is 4.65. The SMILES string of the molecule is CCCCC(N)C(=O)NCc1ccc2c(c1)OCO2. The van der Waals surface area contributed by atoms with E-state index >= 15 is 0 Å². The van der Waals surface area contributed by atoms with E-state index in [0.29, 0.717) is 6.54 Å². The first kappa shape index (κ1) is 13.7. The second kappa shape index (κ2) is 6.43. The number of carbonyl (C=O) groups excluding carboxylic acids is 1. The fourth-order valence-electron chi connectivity index (χ4n) is 1.93. The van der Waals surface area contributed by atoms with Crippen LogP contribution < -0.4 is 20.5 Å². The summed E-state index contributed by atoms with van der Waals surface area (Å²) in [5.41, 5.74) is 6.77. The summed E-state index contributed by atoms with van der Waals surface area (Å²) in [7, 11) is 0. The molecule has 1 atom stereocenters. The molecular formula is C14H20N2O3. The molecule has 1 heterocycles. The largest absolute Gasteiger partial charge is 0.454 e. The van der Waals surface area contributed by atoms with Gasteiger partial charge in [0.05, 0.1) is 6.04 Å². The monoisotopic (exact) mass is 264 g/mol. The Bertz CT molecular complexity index is 448. The molecule has 0 spiro atoms. The van der Waals surface area contributed by atoms with Crippen molar-refractivity contribution < 1.29 is 14.3 Å². The number of amides is 1. The van der Waals surface area contributed by atoms with E-state index in [4.69, 9.17) is 15.2 Å². The fraction of sp³-hybridized carbons (Fsp3) is 0.500. The van der Waals surface area contributed by atoms with Crippen LogP contribution in [0.15, 0.2) is 18.2 Å². The Hall–Kier alpha value is -1.75. The van der Waals surface area contributed by atoms with Crippen molar-refractivity contribution in [1.82, 2.24) is 5.32 Å². The van der Waals surface area contributed by atoms with E-state index in [1.54, 1.807) is 0 Å². The van der Waals surface area contributed by atoms with Crippen LogP contribution in [0.1, 0.15) is 31.7 Å². The molecule has 1 aromatic rings. The van der Waals surface area contributed by atoms with Gasteiger partial charge in [-0.15, -0.1) is 0 Å². The summed E-state index contributed by atoms with van der Waals surface area (Å²) < 4.78 is 10.5. The van der Waals surface area contributed by atoms with Crippen molar-refractivity contribution in [2.24, 2.45) is 5.73 Å². The topological polar surface area (TPSA) is 73.6 Å². The van der Waals surface area contributed by atoms with Gasteiger partial charge < -0.3 is 20.5 Å². The maximum Gasteiger partial charge on any atom is 0.237 e. The van der Waals surface area contributed by atoms with Crippen LogP contribution in [0, 0.1) is 0 Å². The highest BCUT2D eigenvalue weighted by Gasteiger charge is 2.15. The van der Waals surface area contributed by atoms with Gasteiger partial charge in [-0.2, -0.15) is 0 Å². The molecule has 1 aromatic carbocycles. The van der Waals surface area contributed by atoms with Crippen LogP contribution in [0.5, 0.6) is 11.5 Å². The summed E-state index contributed by atoms with van der Waals surface area (Å²) in [4.78, 5) is 11.8. The van der Waals surface area contributed by atoms with Crippen LogP contribution in [0.3, 0.4) is 0 Å². The number of fused-ring (bicyclic) bond motifs is 1. The number of rotatable bonds is 6. The van der Waals surface area contributed by atoms with E-state index < -0.39 is 6.04 Å². The number of benzene rings is 1. The molecule has 0 fully saturated rings. The van der Waals surface area contributed by atoms with Crippen molar-refractivity contribution >= 4 is 5.91 Å². The first-order valence-electron chi connectivity index (χ1n) is 6.62. The summed E-state index contributed by atoms with van der Waals surface area (Å²) in [6, 6.07) is 5.21. The summed E-state index contributed by atoms with van der Waals surface area (Å²) in [5, 5.41) is 2.84. The van der Waals surface area contributed by atoms with Crippen LogP contribution in [-0.2, 0) is 11.3 Å². The molecule has 0 aromatic heterocycles. The molecule has 19 heavy (non-hydrogen) atoms. The molecule has 5 heteroatoms. The highest BCUT2D eigenvalue weighted by molar-refractivity contribution is 5.81. The Kier molecular flexibility index (Phi) is 4.63. The van der Waals surface area contributed by atoms with Gasteiger partial charge in [-0.25, -0.2) is 0 Å². The first-order valence-corrected chi connectivity index (χ1v) is 6.62. The lowest BCUT2D eigenvalue weighted by Gasteiger charge is -2.12. The minimum absolute atomic E-state index is 0.105. The number of nitrogens with two attached hydrogens (primary N) is 1. The smallest absolute Gasteiger partial charge is 0.237 e. The standard InChI is InChI=1S/C14H20N2O3/c1-2-3-4-11(15)14(17)16-8-10-5-6-12-13(7-10)19-9-18-12/h5-7,11H,2-4,8-9,15H2,1H3,(H,16,17). The van der Waals surface area contributed by atoms with Crippen molar-refractivity contribution in [3.63, 3.8) is 0 Å². The Labute approximate surface area is 113 Å². The number of nitrogens with one attached hydrogen (secondary N) is 1. The van der Waals surface area contributed by atoms with Crippen molar-refractivity contribution in [1.29, 1.82) is 0 Å². The number of ether oxygens (including phenoxy) is 2. The van der Waals surface area contributed by atoms with Gasteiger partial charge in [0.2, 0.25) is 12.7 Å². The van der Waals surface area contributed by atoms with Gasteiger partial charge in [0, 0.05) is 6.54 Å². The van der Waals surface area contributed by atoms with E-state index in [1.165, 1.54) is 0 Å². The maximum atomic E-state index is 11.8. The minimum atomic E-state index is -0.422. The lowest BCUT2D eigenvalue weighted by molar-refractivity contribution is -0.122. The zero-order valence-corrected chi connectivity index (χ0v) is 11.1. The molecule has 3 N–H and O–H groups in total. The third-order valence-electron chi connectivity index (χ3n) is 3.11. The third-order valence-corrected chi connectivity index (χ3v) is 3.11. The van der Waals surface area contributed by atoms with Gasteiger partial charge in [-0.05, 0) is 24.1 Å². The Balaban J connectivity index is 1.83. The molecular weight excluding hydrogens is 244 g/mol. The van der Waals surface area contributed by atoms with Gasteiger partial charge >= 0.3 is 0 Å². The molecule has 1 amide bonds. The van der Waals surface area contributed by atoms with Gasteiger partial charge in [-0.1, -0.05) is 25.8 Å². The average molecular weight is 264 g/mol. The summed E-state index contributed by atoms with van der Waals surface area (Å²) in [6.45, 7) is 2.79. The van der Waals surface area contributed by atoms with Crippen LogP contribution >= 0.6 is 0 Å². The van der Waals surface area contributed by atoms with Crippen LogP contribution in [0.2, 0.25) is 0 Å². The van der Waals surface area contributed by atoms with E-state index in [0.717, 1.165) is 36.3 Å². The molecule has 0 saturated heterocycles. The number of unbranched alkanes of at least 4 members (excludes halogenated alkanes) is 1. The Morgan fingerprint density at radius 1 is 1.42 bits per heavy atom. The number of hydrogen-bond donors (Lipinski definition) is 2. The van der Waals surface area contributed by atoms with E-state index in [1.807, 2.05) is 18.2 Å². The quantitative estimate of drug-likeness (QED) is 0.817. The summed E-state index contributed by atoms with van der Waals surface area (Å²) in [5.74, 6) is 1.36. The molecule has 2 rings (SSSR count). The van der Waals surface area contributed by atoms with Gasteiger partial charge in [0.25, 0.3) is 0 Å². The van der Waals surface area contributed by atoms with Crippen molar-refractivity contribution in [2.75, 3.05) is 6.79 Å². The average Bonchev–Trinajstić information content (AvgIpc) is 2.89. The first-order chi connectivity index (χ1) is 9.20. The van der Waals surface area contributed by atoms with E-state index in [9.17, 15) is 4.79 Å². The molecule has 0 aliphatic carbocycles. The zero-order chi connectivity index (χ0) is 13.7. The summed E-state index contributed by atoms with van der Waals surface area (Å²) in [6.07, 6.45) is 2.74. The Morgan fingerprint density at radius 2 is 2.21 bits per heavy atom. The predicted octanol–water partition coefficient (Wildman–Crippen LogP) is 1.55. The Morgan fingerprint density at radius 3 is 3.00 bits per heavy atom. The third kappa shape index (κ3) is 3.61. The van der Waals surface area contributed by atoms with E-state index in [-0.39, 0.29) is 12.7 Å². The van der Waals surface area contributed by atoms with Crippen molar-refractivity contribution in [3.8, 4) is 11.5 Å². The molecule has 104 valence electrons. The van der Waals surface area contributed by atoms with Gasteiger partial charge in [-0.3, -0.25) is 4.79 Å². The highest BCUT2D eigenvalue weighted by Crippen LogP contribution is 2.32. The normalized spacial score (nSPS) is 14.2. The van der Waals surface area contributed by atoms with Crippen molar-refractivity contribution in [2.45, 2.75) is 38.8 Å². The second-order valence-electron chi connectivity index (χ2n) is 4.65. The molecule has 0 bridgehead atoms. The molecule has 1 aliphatic rings. The van der Waals surface area contributed by atoms with Crippen LogP contribution in [0.25, 0.3) is 0 Å². The number of carbonyl (C=O) groups is 1. The minimum Gasteiger partial charge on any atom is -0.454 e. The number of hydrogen-bond acceptors (Lipinski definition) is 4.